The fraction of sp³-hybridized carbons (Fsp3) is 0.357. The van der Waals surface area contributed by atoms with Crippen LogP contribution in [0.25, 0.3) is 16.8 Å². The summed E-state index contributed by atoms with van der Waals surface area (Å²) >= 11 is 0. The number of fused-ring (bicyclic) bond motifs is 1. The molecule has 1 aliphatic heterocycles. The van der Waals surface area contributed by atoms with Crippen LogP contribution in [0.4, 0.5) is 17.3 Å². The number of aliphatic hydroxyl groups is 1. The van der Waals surface area contributed by atoms with Crippen molar-refractivity contribution in [1.82, 2.24) is 19.5 Å². The normalized spacial score (nSPS) is 14.4. The molecule has 0 bridgehead atoms. The van der Waals surface area contributed by atoms with Crippen LogP contribution in [0, 0.1) is 0 Å². The van der Waals surface area contributed by atoms with Crippen LogP contribution < -0.4 is 19.7 Å². The van der Waals surface area contributed by atoms with Crippen LogP contribution in [0.3, 0.4) is 0 Å². The van der Waals surface area contributed by atoms with Crippen molar-refractivity contribution >= 4 is 22.8 Å². The lowest BCUT2D eigenvalue weighted by Crippen LogP contribution is -2.44. The molecule has 9 nitrogen and oxygen atoms in total. The number of nitrogens with zero attached hydrogens (tertiary/aromatic N) is 5. The first kappa shape index (κ1) is 24.9. The lowest BCUT2D eigenvalue weighted by Gasteiger charge is -2.37. The number of aliphatic hydroxyl groups excluding tert-OH is 1. The van der Waals surface area contributed by atoms with E-state index in [-0.39, 0.29) is 6.61 Å². The van der Waals surface area contributed by atoms with Crippen molar-refractivity contribution in [1.29, 1.82) is 0 Å². The lowest BCUT2D eigenvalue weighted by molar-refractivity contribution is 0.162. The summed E-state index contributed by atoms with van der Waals surface area (Å²) < 4.78 is 13.2. The fourth-order valence-corrected chi connectivity index (χ4v) is 5.02. The van der Waals surface area contributed by atoms with Gasteiger partial charge in [0.15, 0.2) is 0 Å². The second-order valence-corrected chi connectivity index (χ2v) is 9.27. The molecule has 2 aromatic carbocycles. The molecular formula is C28H34N6O3. The van der Waals surface area contributed by atoms with Gasteiger partial charge < -0.3 is 29.7 Å². The molecule has 0 atom stereocenters. The van der Waals surface area contributed by atoms with Gasteiger partial charge in [0.05, 0.1) is 43.9 Å². The number of benzene rings is 2. The van der Waals surface area contributed by atoms with Crippen molar-refractivity contribution in [3.63, 3.8) is 0 Å². The number of aromatic nitrogens is 3. The molecule has 0 unspecified atom stereocenters. The minimum atomic E-state index is 0.200. The monoisotopic (exact) mass is 502 g/mol. The molecule has 0 radical (unpaired) electrons. The van der Waals surface area contributed by atoms with E-state index in [4.69, 9.17) is 14.6 Å². The van der Waals surface area contributed by atoms with Crippen molar-refractivity contribution in [3.05, 3.63) is 60.8 Å². The molecule has 5 rings (SSSR count). The summed E-state index contributed by atoms with van der Waals surface area (Å²) in [5, 5.41) is 17.3. The highest BCUT2D eigenvalue weighted by Gasteiger charge is 2.23. The van der Waals surface area contributed by atoms with Crippen LogP contribution in [-0.2, 0) is 0 Å². The van der Waals surface area contributed by atoms with E-state index in [2.05, 4.69) is 39.3 Å². The zero-order valence-corrected chi connectivity index (χ0v) is 21.6. The third-order valence-electron chi connectivity index (χ3n) is 7.12. The maximum atomic E-state index is 9.23. The third kappa shape index (κ3) is 5.19. The average Bonchev–Trinajstić information content (AvgIpc) is 3.36. The molecule has 1 aliphatic rings. The molecule has 0 amide bonds. The van der Waals surface area contributed by atoms with E-state index in [1.807, 2.05) is 47.0 Å². The predicted molar refractivity (Wildman–Crippen MR) is 146 cm³/mol. The number of piperidine rings is 1. The minimum absolute atomic E-state index is 0.200. The molecule has 37 heavy (non-hydrogen) atoms. The SMILES string of the molecule is COc1cc(N2CCC(N(C)CCO)CC2)ccc1Nc1ncc2ccc(-c3ccccc3OC)n2n1. The molecule has 4 aromatic rings. The van der Waals surface area contributed by atoms with Gasteiger partial charge in [-0.3, -0.25) is 0 Å². The third-order valence-corrected chi connectivity index (χ3v) is 7.12. The first-order valence-corrected chi connectivity index (χ1v) is 12.6. The first-order valence-electron chi connectivity index (χ1n) is 12.6. The summed E-state index contributed by atoms with van der Waals surface area (Å²) in [5.41, 5.74) is 4.71. The summed E-state index contributed by atoms with van der Waals surface area (Å²) in [4.78, 5) is 9.16. The topological polar surface area (TPSA) is 87.4 Å². The van der Waals surface area contributed by atoms with Crippen LogP contribution in [0.2, 0.25) is 0 Å². The Balaban J connectivity index is 1.35. The minimum Gasteiger partial charge on any atom is -0.496 e. The number of methoxy groups -OCH3 is 2. The van der Waals surface area contributed by atoms with E-state index in [0.717, 1.165) is 72.1 Å². The van der Waals surface area contributed by atoms with Gasteiger partial charge in [0.25, 0.3) is 0 Å². The molecule has 194 valence electrons. The zero-order chi connectivity index (χ0) is 25.8. The highest BCUT2D eigenvalue weighted by atomic mass is 16.5. The van der Waals surface area contributed by atoms with Crippen LogP contribution in [0.1, 0.15) is 12.8 Å². The molecule has 2 N–H and O–H groups in total. The molecule has 2 aromatic heterocycles. The summed E-state index contributed by atoms with van der Waals surface area (Å²) in [6, 6.07) is 18.6. The standard InChI is InChI=1S/C28H34N6O3/c1-32(16-17-35)20-12-14-33(15-13-20)21-8-10-24(27(18-21)37-3)30-28-29-19-22-9-11-25(34(22)31-28)23-6-4-5-7-26(23)36-2/h4-11,18-20,35H,12-17H2,1-3H3,(H,30,31). The second-order valence-electron chi connectivity index (χ2n) is 9.27. The Bertz CT molecular complexity index is 1350. The average molecular weight is 503 g/mol. The lowest BCUT2D eigenvalue weighted by atomic mass is 10.0. The maximum Gasteiger partial charge on any atom is 0.245 e. The number of anilines is 3. The number of rotatable bonds is 9. The van der Waals surface area contributed by atoms with E-state index in [0.29, 0.717) is 12.0 Å². The molecule has 1 saturated heterocycles. The van der Waals surface area contributed by atoms with Gasteiger partial charge in [0, 0.05) is 43.0 Å². The van der Waals surface area contributed by atoms with Crippen LogP contribution in [-0.4, -0.2) is 78.2 Å². The Labute approximate surface area is 217 Å². The van der Waals surface area contributed by atoms with Gasteiger partial charge in [-0.05, 0) is 56.3 Å². The molecular weight excluding hydrogens is 468 g/mol. The number of ether oxygens (including phenoxy) is 2. The number of para-hydroxylation sites is 1. The predicted octanol–water partition coefficient (Wildman–Crippen LogP) is 4.05. The highest BCUT2D eigenvalue weighted by molar-refractivity contribution is 5.72. The van der Waals surface area contributed by atoms with E-state index in [1.54, 1.807) is 20.4 Å². The van der Waals surface area contributed by atoms with Crippen LogP contribution in [0.15, 0.2) is 60.8 Å². The zero-order valence-electron chi connectivity index (χ0n) is 21.6. The fourth-order valence-electron chi connectivity index (χ4n) is 5.02. The Kier molecular flexibility index (Phi) is 7.43. The number of nitrogens with one attached hydrogen (secondary N) is 1. The van der Waals surface area contributed by atoms with Gasteiger partial charge in [0.1, 0.15) is 11.5 Å². The van der Waals surface area contributed by atoms with Crippen LogP contribution in [0.5, 0.6) is 11.5 Å². The van der Waals surface area contributed by atoms with Crippen molar-refractivity contribution in [2.24, 2.45) is 0 Å². The van der Waals surface area contributed by atoms with Gasteiger partial charge in [-0.25, -0.2) is 9.50 Å². The molecule has 1 fully saturated rings. The smallest absolute Gasteiger partial charge is 0.245 e. The second kappa shape index (κ2) is 11.1. The van der Waals surface area contributed by atoms with Gasteiger partial charge in [0.2, 0.25) is 5.95 Å². The van der Waals surface area contributed by atoms with Crippen molar-refractivity contribution in [3.8, 4) is 22.8 Å². The van der Waals surface area contributed by atoms with Gasteiger partial charge in [-0.15, -0.1) is 5.10 Å². The summed E-state index contributed by atoms with van der Waals surface area (Å²) in [5.74, 6) is 1.99. The van der Waals surface area contributed by atoms with E-state index < -0.39 is 0 Å². The van der Waals surface area contributed by atoms with Crippen LogP contribution >= 0.6 is 0 Å². The maximum absolute atomic E-state index is 9.23. The van der Waals surface area contributed by atoms with Gasteiger partial charge in [-0.2, -0.15) is 0 Å². The largest absolute Gasteiger partial charge is 0.496 e. The van der Waals surface area contributed by atoms with Crippen molar-refractivity contribution in [2.75, 3.05) is 57.7 Å². The molecule has 0 aliphatic carbocycles. The number of hydrogen-bond acceptors (Lipinski definition) is 8. The Morgan fingerprint density at radius 3 is 2.57 bits per heavy atom. The highest BCUT2D eigenvalue weighted by Crippen LogP contribution is 2.34. The Morgan fingerprint density at radius 2 is 1.81 bits per heavy atom. The molecule has 0 spiro atoms. The Hall–Kier alpha value is -3.82. The molecule has 3 heterocycles. The first-order chi connectivity index (χ1) is 18.1. The van der Waals surface area contributed by atoms with Gasteiger partial charge in [-0.1, -0.05) is 12.1 Å². The molecule has 9 heteroatoms. The summed E-state index contributed by atoms with van der Waals surface area (Å²) in [7, 11) is 5.44. The van der Waals surface area contributed by atoms with Crippen molar-refractivity contribution < 1.29 is 14.6 Å². The van der Waals surface area contributed by atoms with E-state index >= 15 is 0 Å². The number of hydrogen-bond donors (Lipinski definition) is 2. The van der Waals surface area contributed by atoms with E-state index in [1.165, 1.54) is 0 Å². The van der Waals surface area contributed by atoms with E-state index in [9.17, 15) is 5.11 Å². The quantitative estimate of drug-likeness (QED) is 0.355. The van der Waals surface area contributed by atoms with Crippen molar-refractivity contribution in [2.45, 2.75) is 18.9 Å². The Morgan fingerprint density at radius 1 is 1.03 bits per heavy atom. The molecule has 0 saturated carbocycles. The number of likely N-dealkylation sites (N-methyl/N-ethyl adjacent to an activating group) is 1. The van der Waals surface area contributed by atoms with Gasteiger partial charge >= 0.3 is 0 Å². The summed E-state index contributed by atoms with van der Waals surface area (Å²) in [6.07, 6.45) is 3.93. The summed E-state index contributed by atoms with van der Waals surface area (Å²) in [6.45, 7) is 2.85.